The molecule has 1 amide bonds. The summed E-state index contributed by atoms with van der Waals surface area (Å²) in [5.74, 6) is 0. The van der Waals surface area contributed by atoms with Crippen molar-refractivity contribution in [3.8, 4) is 0 Å². The summed E-state index contributed by atoms with van der Waals surface area (Å²) < 4.78 is 73.0. The van der Waals surface area contributed by atoms with Crippen LogP contribution in [-0.4, -0.2) is 98.9 Å². The summed E-state index contributed by atoms with van der Waals surface area (Å²) in [7, 11) is -3.64. The summed E-state index contributed by atoms with van der Waals surface area (Å²) in [4.78, 5) is 29.2. The Morgan fingerprint density at radius 1 is 0.494 bits per heavy atom. The van der Waals surface area contributed by atoms with Crippen molar-refractivity contribution >= 4 is 65.7 Å². The molecule has 7 aromatic rings. The van der Waals surface area contributed by atoms with Crippen LogP contribution in [0.5, 0.6) is 0 Å². The molecule has 2 aliphatic rings. The zero-order valence-electron chi connectivity index (χ0n) is 47.9. The minimum absolute atomic E-state index is 0.101. The van der Waals surface area contributed by atoms with E-state index in [0.29, 0.717) is 5.56 Å². The summed E-state index contributed by atoms with van der Waals surface area (Å²) in [5, 5.41) is 4.07. The monoisotopic (exact) mass is 1230 g/mol. The first-order chi connectivity index (χ1) is 41.1. The summed E-state index contributed by atoms with van der Waals surface area (Å²) in [6.07, 6.45) is -12.4. The third-order valence-electron chi connectivity index (χ3n) is 14.7. The molecule has 2 heterocycles. The number of rotatable bonds is 24. The van der Waals surface area contributed by atoms with Crippen LogP contribution in [0.4, 0.5) is 9.59 Å². The van der Waals surface area contributed by atoms with Gasteiger partial charge in [-0.1, -0.05) is 268 Å². The fraction of sp³-hybridized carbons (Fsp3) is 0.343. The lowest BCUT2D eigenvalue weighted by Crippen LogP contribution is -2.74. The average molecular weight is 1230 g/mol. The fourth-order valence-corrected chi connectivity index (χ4v) is 15.4. The van der Waals surface area contributed by atoms with E-state index in [1.165, 1.54) is 0 Å². The minimum Gasteiger partial charge on any atom is -0.445 e. The van der Waals surface area contributed by atoms with Gasteiger partial charge in [0.05, 0.1) is 39.1 Å². The Morgan fingerprint density at radius 3 is 1.38 bits per heavy atom. The number of amides is 1. The van der Waals surface area contributed by atoms with Gasteiger partial charge in [-0.3, -0.25) is 0 Å². The quantitative estimate of drug-likeness (QED) is 0.0348. The topological polar surface area (TPSA) is 148 Å². The molecule has 2 aliphatic heterocycles. The molecule has 0 aliphatic carbocycles. The molecule has 448 valence electrons. The zero-order valence-corrected chi connectivity index (χ0v) is 51.1. The number of benzene rings is 7. The van der Waals surface area contributed by atoms with E-state index in [9.17, 15) is 9.59 Å². The van der Waals surface area contributed by atoms with Gasteiger partial charge in [0, 0.05) is 0 Å². The Bertz CT molecular complexity index is 3060. The van der Waals surface area contributed by atoms with Crippen LogP contribution in [0, 0.1) is 0 Å². The van der Waals surface area contributed by atoms with Gasteiger partial charge in [-0.15, -0.1) is 0 Å². The lowest BCUT2D eigenvalue weighted by molar-refractivity contribution is -0.355. The molecule has 0 bridgehead atoms. The smallest absolute Gasteiger partial charge is 0.445 e. The Balaban J connectivity index is 1.19. The summed E-state index contributed by atoms with van der Waals surface area (Å²) >= 11 is 18.6. The predicted octanol–water partition coefficient (Wildman–Crippen LogP) is 12.6. The molecule has 0 radical (unpaired) electrons. The van der Waals surface area contributed by atoms with Crippen molar-refractivity contribution in [3.63, 3.8) is 0 Å². The van der Waals surface area contributed by atoms with Crippen molar-refractivity contribution in [2.45, 2.75) is 131 Å². The van der Waals surface area contributed by atoms with E-state index in [2.05, 4.69) is 26.1 Å². The molecule has 9 rings (SSSR count). The van der Waals surface area contributed by atoms with E-state index in [-0.39, 0.29) is 39.6 Å². The number of halogens is 3. The summed E-state index contributed by atoms with van der Waals surface area (Å²) in [6, 6.07) is 66.4. The lowest BCUT2D eigenvalue weighted by atomic mass is 9.95. The highest BCUT2D eigenvalue weighted by Crippen LogP contribution is 2.41. The molecule has 2 fully saturated rings. The molecule has 10 atom stereocenters. The second-order valence-electron chi connectivity index (χ2n) is 21.9. The highest BCUT2D eigenvalue weighted by molar-refractivity contribution is 6.99. The van der Waals surface area contributed by atoms with Gasteiger partial charge in [0.2, 0.25) is 3.79 Å². The molecule has 0 unspecified atom stereocenters. The first-order valence-corrected chi connectivity index (χ1v) is 31.4. The van der Waals surface area contributed by atoms with Gasteiger partial charge in [0.15, 0.2) is 18.7 Å². The predicted molar refractivity (Wildman–Crippen MR) is 328 cm³/mol. The largest absolute Gasteiger partial charge is 0.509 e. The molecular formula is C67H72Cl3NO13Si. The summed E-state index contributed by atoms with van der Waals surface area (Å²) in [6.45, 7) is 7.87. The molecule has 85 heavy (non-hydrogen) atoms. The van der Waals surface area contributed by atoms with E-state index < -0.39 is 97.4 Å². The van der Waals surface area contributed by atoms with Crippen LogP contribution >= 0.6 is 34.8 Å². The van der Waals surface area contributed by atoms with Crippen molar-refractivity contribution in [1.29, 1.82) is 0 Å². The maximum absolute atomic E-state index is 14.7. The van der Waals surface area contributed by atoms with E-state index in [0.717, 1.165) is 32.6 Å². The number of alkyl carbamates (subject to hydrolysis) is 1. The molecule has 0 saturated carbocycles. The summed E-state index contributed by atoms with van der Waals surface area (Å²) in [5.41, 5.74) is 4.28. The third-order valence-corrected chi connectivity index (χ3v) is 20.0. The van der Waals surface area contributed by atoms with Crippen molar-refractivity contribution in [2.75, 3.05) is 13.2 Å². The number of alkyl halides is 3. The molecular weight excluding hydrogens is 1160 g/mol. The Hall–Kier alpha value is -6.15. The van der Waals surface area contributed by atoms with Gasteiger partial charge in [-0.2, -0.15) is 0 Å². The molecule has 18 heteroatoms. The van der Waals surface area contributed by atoms with Crippen LogP contribution in [0.1, 0.15) is 55.5 Å². The first kappa shape index (κ1) is 63.4. The Morgan fingerprint density at radius 2 is 0.918 bits per heavy atom. The van der Waals surface area contributed by atoms with Crippen LogP contribution in [0.15, 0.2) is 212 Å². The lowest BCUT2D eigenvalue weighted by Gasteiger charge is -2.52. The highest BCUT2D eigenvalue weighted by atomic mass is 35.6. The third kappa shape index (κ3) is 17.5. The number of ether oxygens (including phenoxy) is 10. The molecule has 0 spiro atoms. The average Bonchev–Trinajstić information content (AvgIpc) is 1.58. The highest BCUT2D eigenvalue weighted by Gasteiger charge is 2.59. The van der Waals surface area contributed by atoms with Gasteiger partial charge in [-0.05, 0) is 50.2 Å². The number of hydrogen-bond acceptors (Lipinski definition) is 13. The minimum atomic E-state index is -3.64. The van der Waals surface area contributed by atoms with E-state index >= 15 is 0 Å². The molecule has 1 N–H and O–H groups in total. The standard InChI is InChI=1S/C67H72Cl3NO13Si/c1-47-57(75-41-49-28-14-6-15-29-49)60(76-42-50-30-16-7-17-31-50)61(77-43-51-32-18-8-19-33-51)63(80-47)82-58-55(45-74-40-48-26-12-5-13-27-48)81-62(84-85(66(2,3)4,53-36-22-10-23-37-53)54-38-24-11-25-39-54)56(71-64(72)79-46-67(68,69)70)59(58)83-65(73)78-44-52-34-20-9-21-35-52/h5-39,47,55-63H,40-46H2,1-4H3,(H,71,72)/t47-,55+,56+,57+,58+,59+,60+,61-,62-,63-/m0/s1. The van der Waals surface area contributed by atoms with E-state index in [1.54, 1.807) is 0 Å². The SMILES string of the molecule is C[C@@H]1O[C@@H](O[C@H]2[C@H](OC(=O)OCc3ccccc3)[C@@H](NC(=O)OCC(Cl)(Cl)Cl)[C@H](O[Si](c3ccccc3)(c3ccccc3)C(C)(C)C)O[C@@H]2COCc2ccccc2)[C@@H](OCc2ccccc2)[C@H](OCc2ccccc2)[C@@H]1OCc1ccccc1. The van der Waals surface area contributed by atoms with Crippen LogP contribution in [0.3, 0.4) is 0 Å². The van der Waals surface area contributed by atoms with Crippen molar-refractivity contribution in [2.24, 2.45) is 0 Å². The van der Waals surface area contributed by atoms with Crippen LogP contribution in [0.2, 0.25) is 5.04 Å². The van der Waals surface area contributed by atoms with Crippen LogP contribution in [0.25, 0.3) is 0 Å². The number of hydrogen-bond donors (Lipinski definition) is 1. The van der Waals surface area contributed by atoms with Crippen molar-refractivity contribution < 1.29 is 61.4 Å². The number of carbonyl (C=O) groups excluding carboxylic acids is 2. The maximum atomic E-state index is 14.7. The van der Waals surface area contributed by atoms with Gasteiger partial charge >= 0.3 is 12.2 Å². The van der Waals surface area contributed by atoms with Gasteiger partial charge in [0.25, 0.3) is 8.32 Å². The van der Waals surface area contributed by atoms with Crippen molar-refractivity contribution in [3.05, 3.63) is 240 Å². The first-order valence-electron chi connectivity index (χ1n) is 28.3. The van der Waals surface area contributed by atoms with Gasteiger partial charge in [0.1, 0.15) is 49.8 Å². The normalized spacial score (nSPS) is 22.7. The fourth-order valence-electron chi connectivity index (χ4n) is 10.6. The van der Waals surface area contributed by atoms with Crippen LogP contribution < -0.4 is 15.7 Å². The van der Waals surface area contributed by atoms with Crippen molar-refractivity contribution in [1.82, 2.24) is 5.32 Å². The van der Waals surface area contributed by atoms with Gasteiger partial charge in [-0.25, -0.2) is 9.59 Å². The molecule has 2 saturated heterocycles. The maximum Gasteiger partial charge on any atom is 0.509 e. The molecule has 14 nitrogen and oxygen atoms in total. The van der Waals surface area contributed by atoms with Gasteiger partial charge < -0.3 is 57.1 Å². The van der Waals surface area contributed by atoms with E-state index in [4.69, 9.17) is 86.6 Å². The molecule has 7 aromatic carbocycles. The zero-order chi connectivity index (χ0) is 59.7. The van der Waals surface area contributed by atoms with E-state index in [1.807, 2.05) is 219 Å². The Labute approximate surface area is 513 Å². The Kier molecular flexibility index (Phi) is 22.7. The number of carbonyl (C=O) groups is 2. The number of nitrogens with one attached hydrogen (secondary N) is 1. The molecule has 0 aromatic heterocycles. The second-order valence-corrected chi connectivity index (χ2v) is 28.7. The second kappa shape index (κ2) is 30.5. The van der Waals surface area contributed by atoms with Crippen LogP contribution in [-0.2, 0) is 84.8 Å².